The molecular formula is C12H11N5O. The summed E-state index contributed by atoms with van der Waals surface area (Å²) >= 11 is 0. The van der Waals surface area contributed by atoms with E-state index in [4.69, 9.17) is 0 Å². The first-order valence-corrected chi connectivity index (χ1v) is 5.49. The number of fused-ring (bicyclic) bond motifs is 1. The predicted molar refractivity (Wildman–Crippen MR) is 66.2 cm³/mol. The number of anilines is 1. The number of phenols is 1. The van der Waals surface area contributed by atoms with Crippen molar-refractivity contribution in [3.8, 4) is 5.75 Å². The normalized spacial score (nSPS) is 10.7. The molecule has 0 bridgehead atoms. The molecule has 3 rings (SSSR count). The number of phenolic OH excluding ortho intramolecular Hbond substituents is 1. The lowest BCUT2D eigenvalue weighted by molar-refractivity contribution is 0.475. The molecular weight excluding hydrogens is 230 g/mol. The van der Waals surface area contributed by atoms with E-state index in [1.807, 2.05) is 4.40 Å². The quantitative estimate of drug-likeness (QED) is 0.679. The second kappa shape index (κ2) is 4.33. The number of rotatable bonds is 3. The fraction of sp³-hybridized carbons (Fsp3) is 0.0833. The molecule has 6 heteroatoms. The number of benzene rings is 1. The maximum atomic E-state index is 9.19. The minimum atomic E-state index is 0.248. The molecule has 0 aliphatic heterocycles. The molecule has 2 heterocycles. The maximum Gasteiger partial charge on any atom is 0.163 e. The van der Waals surface area contributed by atoms with Crippen LogP contribution in [-0.2, 0) is 6.54 Å². The van der Waals surface area contributed by atoms with Crippen LogP contribution in [0.3, 0.4) is 0 Å². The first-order chi connectivity index (χ1) is 8.83. The Kier molecular flexibility index (Phi) is 2.53. The number of nitrogens with one attached hydrogen (secondary N) is 1. The fourth-order valence-electron chi connectivity index (χ4n) is 1.67. The maximum absolute atomic E-state index is 9.19. The highest BCUT2D eigenvalue weighted by Crippen LogP contribution is 2.14. The first kappa shape index (κ1) is 10.5. The van der Waals surface area contributed by atoms with Gasteiger partial charge in [0, 0.05) is 18.0 Å². The van der Waals surface area contributed by atoms with Crippen molar-refractivity contribution in [2.75, 3.05) is 5.32 Å². The summed E-state index contributed by atoms with van der Waals surface area (Å²) in [6, 6.07) is 8.67. The lowest BCUT2D eigenvalue weighted by Gasteiger charge is -2.04. The molecule has 3 aromatic rings. The highest BCUT2D eigenvalue weighted by molar-refractivity contribution is 5.46. The molecule has 0 spiro atoms. The summed E-state index contributed by atoms with van der Waals surface area (Å²) in [5.74, 6) is 1.03. The Bertz CT molecular complexity index is 662. The van der Waals surface area contributed by atoms with Crippen molar-refractivity contribution in [3.63, 3.8) is 0 Å². The van der Waals surface area contributed by atoms with E-state index in [2.05, 4.69) is 20.5 Å². The average molecular weight is 241 g/mol. The Morgan fingerprint density at radius 3 is 2.78 bits per heavy atom. The zero-order valence-corrected chi connectivity index (χ0v) is 9.48. The van der Waals surface area contributed by atoms with Crippen LogP contribution in [0.25, 0.3) is 5.65 Å². The van der Waals surface area contributed by atoms with Gasteiger partial charge in [0.05, 0.1) is 6.54 Å². The van der Waals surface area contributed by atoms with Gasteiger partial charge in [-0.2, -0.15) is 0 Å². The Hall–Kier alpha value is -2.63. The number of aromatic hydroxyl groups is 1. The van der Waals surface area contributed by atoms with Crippen LogP contribution < -0.4 is 5.32 Å². The third-order valence-corrected chi connectivity index (χ3v) is 2.60. The summed E-state index contributed by atoms with van der Waals surface area (Å²) in [6.45, 7) is 0.539. The van der Waals surface area contributed by atoms with Gasteiger partial charge < -0.3 is 10.4 Å². The lowest BCUT2D eigenvalue weighted by Crippen LogP contribution is -2.04. The standard InChI is InChI=1S/C12H11N5O/c18-10-3-1-9(2-4-10)14-7-12-16-15-11-5-6-13-8-17(11)12/h1-6,8,14,18H,7H2. The Morgan fingerprint density at radius 2 is 1.94 bits per heavy atom. The molecule has 0 saturated heterocycles. The highest BCUT2D eigenvalue weighted by atomic mass is 16.3. The molecule has 0 aliphatic rings. The first-order valence-electron chi connectivity index (χ1n) is 5.49. The Morgan fingerprint density at radius 1 is 1.11 bits per heavy atom. The third kappa shape index (κ3) is 1.95. The van der Waals surface area contributed by atoms with Crippen molar-refractivity contribution in [2.24, 2.45) is 0 Å². The van der Waals surface area contributed by atoms with E-state index in [0.29, 0.717) is 6.54 Å². The van der Waals surface area contributed by atoms with E-state index in [9.17, 15) is 5.11 Å². The average Bonchev–Trinajstić information content (AvgIpc) is 2.82. The molecule has 0 unspecified atom stereocenters. The number of aromatic nitrogens is 4. The van der Waals surface area contributed by atoms with E-state index in [-0.39, 0.29) is 5.75 Å². The second-order valence-corrected chi connectivity index (χ2v) is 3.83. The topological polar surface area (TPSA) is 75.3 Å². The molecule has 0 fully saturated rings. The lowest BCUT2D eigenvalue weighted by atomic mass is 10.3. The summed E-state index contributed by atoms with van der Waals surface area (Å²) in [5, 5.41) is 20.5. The van der Waals surface area contributed by atoms with Gasteiger partial charge in [0.2, 0.25) is 0 Å². The summed E-state index contributed by atoms with van der Waals surface area (Å²) in [5.41, 5.74) is 1.68. The minimum Gasteiger partial charge on any atom is -0.508 e. The van der Waals surface area contributed by atoms with Gasteiger partial charge in [-0.05, 0) is 24.3 Å². The molecule has 90 valence electrons. The van der Waals surface area contributed by atoms with Crippen molar-refractivity contribution in [3.05, 3.63) is 48.7 Å². The van der Waals surface area contributed by atoms with Gasteiger partial charge in [0.15, 0.2) is 11.5 Å². The monoisotopic (exact) mass is 241 g/mol. The van der Waals surface area contributed by atoms with E-state index >= 15 is 0 Å². The molecule has 0 amide bonds. The van der Waals surface area contributed by atoms with Crippen molar-refractivity contribution in [1.82, 2.24) is 19.6 Å². The second-order valence-electron chi connectivity index (χ2n) is 3.83. The van der Waals surface area contributed by atoms with Crippen LogP contribution in [0.4, 0.5) is 5.69 Å². The summed E-state index contributed by atoms with van der Waals surface area (Å²) < 4.78 is 1.83. The van der Waals surface area contributed by atoms with Crippen LogP contribution in [0.5, 0.6) is 5.75 Å². The van der Waals surface area contributed by atoms with E-state index in [0.717, 1.165) is 17.2 Å². The van der Waals surface area contributed by atoms with E-state index < -0.39 is 0 Å². The van der Waals surface area contributed by atoms with Crippen LogP contribution in [0, 0.1) is 0 Å². The van der Waals surface area contributed by atoms with Crippen LogP contribution in [-0.4, -0.2) is 24.7 Å². The largest absolute Gasteiger partial charge is 0.508 e. The fourth-order valence-corrected chi connectivity index (χ4v) is 1.67. The molecule has 2 N–H and O–H groups in total. The van der Waals surface area contributed by atoms with Crippen LogP contribution in [0.1, 0.15) is 5.82 Å². The van der Waals surface area contributed by atoms with E-state index in [1.165, 1.54) is 0 Å². The van der Waals surface area contributed by atoms with Gasteiger partial charge in [-0.25, -0.2) is 4.98 Å². The van der Waals surface area contributed by atoms with Crippen LogP contribution in [0.15, 0.2) is 42.9 Å². The van der Waals surface area contributed by atoms with Gasteiger partial charge in [-0.3, -0.25) is 4.40 Å². The Balaban J connectivity index is 1.79. The number of nitrogens with zero attached hydrogens (tertiary/aromatic N) is 4. The third-order valence-electron chi connectivity index (χ3n) is 2.60. The summed E-state index contributed by atoms with van der Waals surface area (Å²) in [4.78, 5) is 4.03. The summed E-state index contributed by atoms with van der Waals surface area (Å²) in [7, 11) is 0. The highest BCUT2D eigenvalue weighted by Gasteiger charge is 2.04. The van der Waals surface area contributed by atoms with E-state index in [1.54, 1.807) is 42.9 Å². The van der Waals surface area contributed by atoms with Crippen LogP contribution in [0.2, 0.25) is 0 Å². The zero-order chi connectivity index (χ0) is 12.4. The molecule has 6 nitrogen and oxygen atoms in total. The summed E-state index contributed by atoms with van der Waals surface area (Å²) in [6.07, 6.45) is 3.37. The van der Waals surface area contributed by atoms with Crippen molar-refractivity contribution in [1.29, 1.82) is 0 Å². The molecule has 2 aromatic heterocycles. The molecule has 1 aromatic carbocycles. The smallest absolute Gasteiger partial charge is 0.163 e. The van der Waals surface area contributed by atoms with Gasteiger partial charge in [0.25, 0.3) is 0 Å². The Labute approximate surface area is 103 Å². The molecule has 0 aliphatic carbocycles. The molecule has 0 atom stereocenters. The number of hydrogen-bond donors (Lipinski definition) is 2. The molecule has 18 heavy (non-hydrogen) atoms. The predicted octanol–water partition coefficient (Wildman–Crippen LogP) is 1.44. The van der Waals surface area contributed by atoms with Crippen molar-refractivity contribution < 1.29 is 5.11 Å². The van der Waals surface area contributed by atoms with Gasteiger partial charge in [-0.15, -0.1) is 10.2 Å². The van der Waals surface area contributed by atoms with Crippen LogP contribution >= 0.6 is 0 Å². The molecule has 0 radical (unpaired) electrons. The van der Waals surface area contributed by atoms with Gasteiger partial charge in [-0.1, -0.05) is 0 Å². The van der Waals surface area contributed by atoms with Crippen molar-refractivity contribution in [2.45, 2.75) is 6.54 Å². The molecule has 0 saturated carbocycles. The van der Waals surface area contributed by atoms with Crippen molar-refractivity contribution >= 4 is 11.3 Å². The van der Waals surface area contributed by atoms with Gasteiger partial charge >= 0.3 is 0 Å². The zero-order valence-electron chi connectivity index (χ0n) is 9.48. The SMILES string of the molecule is Oc1ccc(NCc2nnc3ccncn23)cc1. The number of hydrogen-bond acceptors (Lipinski definition) is 5. The van der Waals surface area contributed by atoms with Gasteiger partial charge in [0.1, 0.15) is 12.1 Å². The minimum absolute atomic E-state index is 0.248.